The van der Waals surface area contributed by atoms with Gasteiger partial charge in [-0.05, 0) is 31.2 Å². The minimum atomic E-state index is -4.51. The van der Waals surface area contributed by atoms with Crippen LogP contribution in [0.1, 0.15) is 29.4 Å². The van der Waals surface area contributed by atoms with Crippen LogP contribution in [-0.4, -0.2) is 54.0 Å². The summed E-state index contributed by atoms with van der Waals surface area (Å²) in [5, 5.41) is 6.08. The minimum absolute atomic E-state index is 0.266. The molecule has 3 amide bonds. The molecule has 2 heterocycles. The van der Waals surface area contributed by atoms with Gasteiger partial charge in [0.05, 0.1) is 4.88 Å². The zero-order chi connectivity index (χ0) is 18.6. The van der Waals surface area contributed by atoms with Gasteiger partial charge in [-0.2, -0.15) is 13.2 Å². The Labute approximate surface area is 146 Å². The Morgan fingerprint density at radius 1 is 1.40 bits per heavy atom. The van der Waals surface area contributed by atoms with E-state index < -0.39 is 42.5 Å². The molecule has 0 aromatic carbocycles. The van der Waals surface area contributed by atoms with Crippen molar-refractivity contribution in [1.29, 1.82) is 0 Å². The summed E-state index contributed by atoms with van der Waals surface area (Å²) in [7, 11) is 0. The van der Waals surface area contributed by atoms with E-state index >= 15 is 0 Å². The van der Waals surface area contributed by atoms with Gasteiger partial charge in [-0.25, -0.2) is 0 Å². The molecule has 2 rings (SSSR count). The van der Waals surface area contributed by atoms with E-state index in [0.717, 1.165) is 0 Å². The first-order chi connectivity index (χ1) is 11.7. The van der Waals surface area contributed by atoms with E-state index in [4.69, 9.17) is 0 Å². The SMILES string of the molecule is CC(NC(=O)c1cccs1)C(=O)N1CCCC1C(=O)NCC(F)(F)F. The third-order valence-electron chi connectivity index (χ3n) is 3.76. The summed E-state index contributed by atoms with van der Waals surface area (Å²) in [5.74, 6) is -1.73. The number of nitrogens with zero attached hydrogens (tertiary/aromatic N) is 1. The average molecular weight is 377 g/mol. The summed E-state index contributed by atoms with van der Waals surface area (Å²) < 4.78 is 36.7. The quantitative estimate of drug-likeness (QED) is 0.817. The predicted octanol–water partition coefficient (Wildman–Crippen LogP) is 1.54. The largest absolute Gasteiger partial charge is 0.405 e. The molecular weight excluding hydrogens is 359 g/mol. The van der Waals surface area contributed by atoms with Gasteiger partial charge in [0.2, 0.25) is 11.8 Å². The van der Waals surface area contributed by atoms with Crippen molar-refractivity contribution in [3.05, 3.63) is 22.4 Å². The number of carbonyl (C=O) groups excluding carboxylic acids is 3. The second-order valence-electron chi connectivity index (χ2n) is 5.70. The van der Waals surface area contributed by atoms with Crippen LogP contribution in [-0.2, 0) is 9.59 Å². The van der Waals surface area contributed by atoms with Crippen molar-refractivity contribution in [3.8, 4) is 0 Å². The molecule has 0 aliphatic carbocycles. The fourth-order valence-corrected chi connectivity index (χ4v) is 3.22. The van der Waals surface area contributed by atoms with Gasteiger partial charge in [-0.1, -0.05) is 6.07 Å². The van der Waals surface area contributed by atoms with E-state index in [1.165, 1.54) is 23.2 Å². The van der Waals surface area contributed by atoms with Gasteiger partial charge >= 0.3 is 6.18 Å². The van der Waals surface area contributed by atoms with Crippen molar-refractivity contribution in [2.75, 3.05) is 13.1 Å². The van der Waals surface area contributed by atoms with Crippen LogP contribution in [0.25, 0.3) is 0 Å². The highest BCUT2D eigenvalue weighted by Crippen LogP contribution is 2.20. The van der Waals surface area contributed by atoms with Gasteiger partial charge in [0.1, 0.15) is 18.6 Å². The van der Waals surface area contributed by atoms with E-state index in [2.05, 4.69) is 5.32 Å². The Kier molecular flexibility index (Phi) is 6.04. The van der Waals surface area contributed by atoms with E-state index in [1.54, 1.807) is 17.5 Å². The number of thiophene rings is 1. The lowest BCUT2D eigenvalue weighted by atomic mass is 10.2. The molecule has 1 aliphatic rings. The van der Waals surface area contributed by atoms with Crippen LogP contribution in [0.15, 0.2) is 17.5 Å². The highest BCUT2D eigenvalue weighted by atomic mass is 32.1. The van der Waals surface area contributed by atoms with E-state index in [9.17, 15) is 27.6 Å². The van der Waals surface area contributed by atoms with Crippen molar-refractivity contribution in [3.63, 3.8) is 0 Å². The van der Waals surface area contributed by atoms with Crippen LogP contribution < -0.4 is 10.6 Å². The Balaban J connectivity index is 1.94. The molecule has 1 aromatic heterocycles. The molecule has 2 N–H and O–H groups in total. The van der Waals surface area contributed by atoms with Crippen LogP contribution in [0.5, 0.6) is 0 Å². The molecule has 10 heteroatoms. The van der Waals surface area contributed by atoms with Gasteiger partial charge in [-0.15, -0.1) is 11.3 Å². The Morgan fingerprint density at radius 2 is 2.12 bits per heavy atom. The van der Waals surface area contributed by atoms with Gasteiger partial charge in [0.15, 0.2) is 0 Å². The number of hydrogen-bond donors (Lipinski definition) is 2. The second kappa shape index (κ2) is 7.85. The smallest absolute Gasteiger partial charge is 0.345 e. The molecule has 0 spiro atoms. The maximum absolute atomic E-state index is 12.5. The molecule has 2 unspecified atom stereocenters. The number of amides is 3. The Hall–Kier alpha value is -2.10. The van der Waals surface area contributed by atoms with Crippen molar-refractivity contribution in [2.45, 2.75) is 38.0 Å². The molecule has 0 bridgehead atoms. The third-order valence-corrected chi connectivity index (χ3v) is 4.63. The van der Waals surface area contributed by atoms with Gasteiger partial charge < -0.3 is 15.5 Å². The molecule has 2 atom stereocenters. The average Bonchev–Trinajstić information content (AvgIpc) is 3.21. The number of rotatable bonds is 5. The number of hydrogen-bond acceptors (Lipinski definition) is 4. The number of carbonyl (C=O) groups is 3. The summed E-state index contributed by atoms with van der Waals surface area (Å²) in [6, 6.07) is 1.48. The van der Waals surface area contributed by atoms with E-state index in [1.807, 2.05) is 5.32 Å². The standard InChI is InChI=1S/C15H18F3N3O3S/c1-9(20-13(23)11-5-3-7-25-11)14(24)21-6-2-4-10(21)12(22)19-8-15(16,17)18/h3,5,7,9-10H,2,4,6,8H2,1H3,(H,19,22)(H,20,23). The lowest BCUT2D eigenvalue weighted by Gasteiger charge is -2.27. The van der Waals surface area contributed by atoms with E-state index in [-0.39, 0.29) is 6.54 Å². The molecular formula is C15H18F3N3O3S. The maximum atomic E-state index is 12.5. The van der Waals surface area contributed by atoms with E-state index in [0.29, 0.717) is 17.7 Å². The lowest BCUT2D eigenvalue weighted by molar-refractivity contribution is -0.145. The van der Waals surface area contributed by atoms with Gasteiger partial charge in [-0.3, -0.25) is 14.4 Å². The lowest BCUT2D eigenvalue weighted by Crippen LogP contribution is -2.53. The van der Waals surface area contributed by atoms with Crippen molar-refractivity contribution in [1.82, 2.24) is 15.5 Å². The van der Waals surface area contributed by atoms with Crippen LogP contribution in [0.3, 0.4) is 0 Å². The van der Waals surface area contributed by atoms with Crippen LogP contribution in [0.4, 0.5) is 13.2 Å². The number of likely N-dealkylation sites (tertiary alicyclic amines) is 1. The summed E-state index contributed by atoms with van der Waals surface area (Å²) >= 11 is 1.22. The molecule has 1 fully saturated rings. The van der Waals surface area contributed by atoms with Crippen LogP contribution in [0.2, 0.25) is 0 Å². The normalized spacial score (nSPS) is 18.7. The molecule has 0 radical (unpaired) electrons. The topological polar surface area (TPSA) is 78.5 Å². The fourth-order valence-electron chi connectivity index (χ4n) is 2.59. The van der Waals surface area contributed by atoms with Crippen molar-refractivity contribution >= 4 is 29.1 Å². The summed E-state index contributed by atoms with van der Waals surface area (Å²) in [6.07, 6.45) is -3.70. The van der Waals surface area contributed by atoms with Gasteiger partial charge in [0, 0.05) is 6.54 Å². The summed E-state index contributed by atoms with van der Waals surface area (Å²) in [6.45, 7) is 0.314. The van der Waals surface area contributed by atoms with Crippen LogP contribution >= 0.6 is 11.3 Å². The van der Waals surface area contributed by atoms with Gasteiger partial charge in [0.25, 0.3) is 5.91 Å². The summed E-state index contributed by atoms with van der Waals surface area (Å²) in [4.78, 5) is 38.1. The highest BCUT2D eigenvalue weighted by molar-refractivity contribution is 7.12. The first kappa shape index (κ1) is 19.2. The first-order valence-electron chi connectivity index (χ1n) is 7.68. The fraction of sp³-hybridized carbons (Fsp3) is 0.533. The number of nitrogens with one attached hydrogen (secondary N) is 2. The third kappa shape index (κ3) is 5.18. The Morgan fingerprint density at radius 3 is 2.72 bits per heavy atom. The minimum Gasteiger partial charge on any atom is -0.345 e. The molecule has 1 aliphatic heterocycles. The zero-order valence-electron chi connectivity index (χ0n) is 13.4. The highest BCUT2D eigenvalue weighted by Gasteiger charge is 2.38. The summed E-state index contributed by atoms with van der Waals surface area (Å²) in [5.41, 5.74) is 0. The Bertz CT molecular complexity index is 634. The predicted molar refractivity (Wildman–Crippen MR) is 85.0 cm³/mol. The number of halogens is 3. The molecule has 138 valence electrons. The molecule has 1 saturated heterocycles. The molecule has 25 heavy (non-hydrogen) atoms. The monoisotopic (exact) mass is 377 g/mol. The number of alkyl halides is 3. The maximum Gasteiger partial charge on any atom is 0.405 e. The molecule has 6 nitrogen and oxygen atoms in total. The molecule has 0 saturated carbocycles. The zero-order valence-corrected chi connectivity index (χ0v) is 14.2. The first-order valence-corrected chi connectivity index (χ1v) is 8.56. The van der Waals surface area contributed by atoms with Crippen molar-refractivity contribution < 1.29 is 27.6 Å². The molecule has 1 aromatic rings. The van der Waals surface area contributed by atoms with Crippen molar-refractivity contribution in [2.24, 2.45) is 0 Å². The second-order valence-corrected chi connectivity index (χ2v) is 6.64. The van der Waals surface area contributed by atoms with Crippen LogP contribution in [0, 0.1) is 0 Å².